The molecule has 1 aliphatic carbocycles. The number of para-hydroxylation sites is 1. The summed E-state index contributed by atoms with van der Waals surface area (Å²) in [6.07, 6.45) is 0. The summed E-state index contributed by atoms with van der Waals surface area (Å²) in [4.78, 5) is 2.40. The van der Waals surface area contributed by atoms with Gasteiger partial charge < -0.3 is 13.7 Å². The molecule has 276 valence electrons. The highest BCUT2D eigenvalue weighted by Gasteiger charge is 2.40. The molecule has 2 heterocycles. The van der Waals surface area contributed by atoms with Crippen molar-refractivity contribution in [2.45, 2.75) is 71.6 Å². The van der Waals surface area contributed by atoms with E-state index in [9.17, 15) is 0 Å². The highest BCUT2D eigenvalue weighted by atomic mass is 16.3. The zero-order valence-electron chi connectivity index (χ0n) is 33.5. The van der Waals surface area contributed by atoms with E-state index >= 15 is 0 Å². The molecule has 10 rings (SSSR count). The average Bonchev–Trinajstić information content (AvgIpc) is 3.82. The summed E-state index contributed by atoms with van der Waals surface area (Å²) >= 11 is 0. The molecule has 0 N–H and O–H groups in total. The molecule has 0 saturated heterocycles. The Morgan fingerprint density at radius 2 is 1.20 bits per heavy atom. The van der Waals surface area contributed by atoms with Crippen LogP contribution >= 0.6 is 0 Å². The molecule has 0 atom stereocenters. The van der Waals surface area contributed by atoms with E-state index in [0.29, 0.717) is 0 Å². The van der Waals surface area contributed by atoms with Crippen LogP contribution in [0.15, 0.2) is 148 Å². The van der Waals surface area contributed by atoms with Crippen molar-refractivity contribution in [1.29, 1.82) is 0 Å². The van der Waals surface area contributed by atoms with E-state index in [4.69, 9.17) is 8.83 Å². The first-order valence-electron chi connectivity index (χ1n) is 19.8. The van der Waals surface area contributed by atoms with Gasteiger partial charge in [-0.05, 0) is 98.8 Å². The topological polar surface area (TPSA) is 29.5 Å². The third-order valence-corrected chi connectivity index (χ3v) is 12.1. The van der Waals surface area contributed by atoms with Gasteiger partial charge in [-0.25, -0.2) is 0 Å². The number of hydrogen-bond acceptors (Lipinski definition) is 3. The zero-order chi connectivity index (χ0) is 38.7. The van der Waals surface area contributed by atoms with Crippen LogP contribution in [0.5, 0.6) is 0 Å². The van der Waals surface area contributed by atoms with Crippen LogP contribution in [0.3, 0.4) is 0 Å². The van der Waals surface area contributed by atoms with Crippen LogP contribution in [0.1, 0.15) is 77.6 Å². The number of hydrogen-bond donors (Lipinski definition) is 0. The zero-order valence-corrected chi connectivity index (χ0v) is 33.5. The molecule has 0 amide bonds. The molecule has 0 fully saturated rings. The van der Waals surface area contributed by atoms with Crippen molar-refractivity contribution in [1.82, 2.24) is 0 Å². The summed E-state index contributed by atoms with van der Waals surface area (Å²) in [6, 6.07) is 50.7. The Kier molecular flexibility index (Phi) is 7.36. The number of nitrogens with zero attached hydrogens (tertiary/aromatic N) is 1. The Morgan fingerprint density at radius 3 is 1.95 bits per heavy atom. The van der Waals surface area contributed by atoms with E-state index in [1.165, 1.54) is 55.3 Å². The maximum Gasteiger partial charge on any atom is 0.140 e. The maximum absolute atomic E-state index is 7.11. The molecule has 0 unspecified atom stereocenters. The minimum absolute atomic E-state index is 0.0151. The largest absolute Gasteiger partial charge is 0.456 e. The predicted molar refractivity (Wildman–Crippen MR) is 236 cm³/mol. The summed E-state index contributed by atoms with van der Waals surface area (Å²) < 4.78 is 13.5. The highest BCUT2D eigenvalue weighted by Crippen LogP contribution is 2.55. The summed E-state index contributed by atoms with van der Waals surface area (Å²) in [7, 11) is 0. The van der Waals surface area contributed by atoms with Crippen molar-refractivity contribution in [2.24, 2.45) is 0 Å². The van der Waals surface area contributed by atoms with E-state index in [1.807, 2.05) is 6.07 Å². The molecule has 1 aliphatic rings. The first-order valence-corrected chi connectivity index (χ1v) is 19.8. The molecular weight excluding hydrogens is 683 g/mol. The monoisotopic (exact) mass is 729 g/mol. The number of rotatable bonds is 4. The molecule has 56 heavy (non-hydrogen) atoms. The lowest BCUT2D eigenvalue weighted by atomic mass is 9.79. The smallest absolute Gasteiger partial charge is 0.140 e. The predicted octanol–water partition coefficient (Wildman–Crippen LogP) is 15.5. The molecule has 7 aromatic carbocycles. The van der Waals surface area contributed by atoms with Crippen LogP contribution in [0, 0.1) is 0 Å². The Hall–Kier alpha value is -6.06. The minimum atomic E-state index is -0.270. The third-order valence-electron chi connectivity index (χ3n) is 12.1. The van der Waals surface area contributed by atoms with Crippen molar-refractivity contribution in [3.8, 4) is 22.3 Å². The lowest BCUT2D eigenvalue weighted by molar-refractivity contribution is 0.556. The Bertz CT molecular complexity index is 3000. The lowest BCUT2D eigenvalue weighted by Crippen LogP contribution is -2.16. The van der Waals surface area contributed by atoms with Gasteiger partial charge in [0.25, 0.3) is 0 Å². The van der Waals surface area contributed by atoms with E-state index in [-0.39, 0.29) is 16.2 Å². The standard InChI is InChI=1S/C53H47NO2/c1-51(2,3)34-29-41-38-27-26-37-40-31-36(25-28-42(40)53(7,8)48(37)50(38)56-49(41)43(30-34)52(4,5)6)54(35-23-21-33(22-24-35)32-15-10-9-11-16-32)44-18-14-20-46-47(44)39-17-12-13-19-45(39)55-46/h9-31H,1-8H3. The Labute approximate surface area is 329 Å². The maximum atomic E-state index is 7.11. The van der Waals surface area contributed by atoms with Crippen LogP contribution < -0.4 is 4.90 Å². The quantitative estimate of drug-likeness (QED) is 0.181. The molecule has 3 heteroatoms. The number of furan rings is 2. The lowest BCUT2D eigenvalue weighted by Gasteiger charge is -2.28. The van der Waals surface area contributed by atoms with Crippen LogP contribution in [-0.4, -0.2) is 0 Å². The van der Waals surface area contributed by atoms with Crippen molar-refractivity contribution < 1.29 is 8.83 Å². The van der Waals surface area contributed by atoms with Gasteiger partial charge in [0.1, 0.15) is 22.3 Å². The number of anilines is 3. The van der Waals surface area contributed by atoms with Crippen LogP contribution in [0.4, 0.5) is 17.1 Å². The normalized spacial score (nSPS) is 13.9. The van der Waals surface area contributed by atoms with Crippen LogP contribution in [0.2, 0.25) is 0 Å². The molecule has 0 saturated carbocycles. The summed E-state index contributed by atoms with van der Waals surface area (Å²) in [5, 5.41) is 4.60. The van der Waals surface area contributed by atoms with Gasteiger partial charge in [0.05, 0.1) is 11.1 Å². The van der Waals surface area contributed by atoms with E-state index in [2.05, 4.69) is 194 Å². The fourth-order valence-electron chi connectivity index (χ4n) is 9.15. The Balaban J connectivity index is 1.19. The highest BCUT2D eigenvalue weighted by molar-refractivity contribution is 6.14. The second-order valence-corrected chi connectivity index (χ2v) is 18.2. The van der Waals surface area contributed by atoms with E-state index < -0.39 is 0 Å². The fraction of sp³-hybridized carbons (Fsp3) is 0.208. The second kappa shape index (κ2) is 12.0. The van der Waals surface area contributed by atoms with Gasteiger partial charge in [-0.1, -0.05) is 140 Å². The van der Waals surface area contributed by atoms with Crippen molar-refractivity contribution >= 4 is 60.9 Å². The fourth-order valence-corrected chi connectivity index (χ4v) is 9.15. The number of benzene rings is 7. The Morgan fingerprint density at radius 1 is 0.500 bits per heavy atom. The molecule has 0 radical (unpaired) electrons. The van der Waals surface area contributed by atoms with Gasteiger partial charge in [-0.2, -0.15) is 0 Å². The summed E-state index contributed by atoms with van der Waals surface area (Å²) in [5.41, 5.74) is 16.7. The second-order valence-electron chi connectivity index (χ2n) is 18.2. The van der Waals surface area contributed by atoms with Crippen LogP contribution in [0.25, 0.3) is 66.1 Å². The average molecular weight is 730 g/mol. The molecule has 0 spiro atoms. The van der Waals surface area contributed by atoms with Gasteiger partial charge in [-0.3, -0.25) is 0 Å². The van der Waals surface area contributed by atoms with Gasteiger partial charge >= 0.3 is 0 Å². The van der Waals surface area contributed by atoms with E-state index in [0.717, 1.165) is 50.2 Å². The third kappa shape index (κ3) is 5.17. The van der Waals surface area contributed by atoms with Crippen LogP contribution in [-0.2, 0) is 16.2 Å². The molecule has 0 aliphatic heterocycles. The summed E-state index contributed by atoms with van der Waals surface area (Å²) in [6.45, 7) is 18.5. The van der Waals surface area contributed by atoms with Crippen molar-refractivity contribution in [3.63, 3.8) is 0 Å². The van der Waals surface area contributed by atoms with Gasteiger partial charge in [0, 0.05) is 44.1 Å². The van der Waals surface area contributed by atoms with Crippen molar-refractivity contribution in [2.75, 3.05) is 4.90 Å². The molecule has 3 nitrogen and oxygen atoms in total. The minimum Gasteiger partial charge on any atom is -0.456 e. The summed E-state index contributed by atoms with van der Waals surface area (Å²) in [5.74, 6) is 0. The van der Waals surface area contributed by atoms with Crippen molar-refractivity contribution in [3.05, 3.63) is 162 Å². The molecule has 9 aromatic rings. The van der Waals surface area contributed by atoms with Gasteiger partial charge in [0.2, 0.25) is 0 Å². The number of fused-ring (bicyclic) bond motifs is 10. The molecule has 2 aromatic heterocycles. The molecular formula is C53H47NO2. The first kappa shape index (κ1) is 34.4. The van der Waals surface area contributed by atoms with Gasteiger partial charge in [0.15, 0.2) is 0 Å². The van der Waals surface area contributed by atoms with E-state index in [1.54, 1.807) is 0 Å². The first-order chi connectivity index (χ1) is 26.8. The van der Waals surface area contributed by atoms with Gasteiger partial charge in [-0.15, -0.1) is 0 Å². The molecule has 0 bridgehead atoms. The SMILES string of the molecule is CC(C)(C)c1cc(C(C)(C)C)c2oc3c4c(ccc3c2c1)-c1cc(N(c2ccc(-c3ccccc3)cc2)c2cccc3oc5ccccc5c23)ccc1C4(C)C.